The number of fused-ring (bicyclic) bond motifs is 2. The molecule has 2 aliphatic rings. The summed E-state index contributed by atoms with van der Waals surface area (Å²) < 4.78 is 5.88. The number of rotatable bonds is 2. The van der Waals surface area contributed by atoms with Crippen LogP contribution in [-0.4, -0.2) is 51.5 Å². The number of aliphatic carboxylic acids is 1. The van der Waals surface area contributed by atoms with Crippen molar-refractivity contribution in [2.75, 3.05) is 19.7 Å². The van der Waals surface area contributed by atoms with Crippen LogP contribution in [0, 0.1) is 25.2 Å². The van der Waals surface area contributed by atoms with E-state index in [1.165, 1.54) is 0 Å². The molecule has 1 saturated heterocycles. The summed E-state index contributed by atoms with van der Waals surface area (Å²) in [6, 6.07) is 9.15. The molecule has 1 aromatic carbocycles. The van der Waals surface area contributed by atoms with Crippen molar-refractivity contribution in [2.24, 2.45) is 11.3 Å². The van der Waals surface area contributed by atoms with Crippen molar-refractivity contribution in [2.45, 2.75) is 20.3 Å². The first-order valence-corrected chi connectivity index (χ1v) is 8.95. The van der Waals surface area contributed by atoms with Crippen molar-refractivity contribution < 1.29 is 19.4 Å². The number of para-hydroxylation sites is 1. The molecule has 7 nitrogen and oxygen atoms in total. The van der Waals surface area contributed by atoms with Crippen LogP contribution in [0.4, 0.5) is 0 Å². The summed E-state index contributed by atoms with van der Waals surface area (Å²) >= 11 is 0. The minimum absolute atomic E-state index is 0.144. The number of carboxylic acids is 1. The molecule has 0 unspecified atom stereocenters. The van der Waals surface area contributed by atoms with Crippen molar-refractivity contribution in [3.05, 3.63) is 53.1 Å². The minimum atomic E-state index is -1.06. The molecule has 0 radical (unpaired) electrons. The van der Waals surface area contributed by atoms with Crippen LogP contribution in [-0.2, 0) is 11.2 Å². The number of carbonyl (C=O) groups excluding carboxylic acids is 1. The SMILES string of the molecule is Cc1cc(C(=O)N2C[C@@H]3COc4ccccc4C[C@]3(C(=O)O)C2)nc(C)n1. The summed E-state index contributed by atoms with van der Waals surface area (Å²) in [7, 11) is 0. The highest BCUT2D eigenvalue weighted by molar-refractivity contribution is 5.93. The Bertz CT molecular complexity index is 909. The van der Waals surface area contributed by atoms with Gasteiger partial charge >= 0.3 is 5.97 Å². The number of nitrogens with zero attached hydrogens (tertiary/aromatic N) is 3. The minimum Gasteiger partial charge on any atom is -0.493 e. The topological polar surface area (TPSA) is 92.6 Å². The second-order valence-corrected chi connectivity index (χ2v) is 7.38. The number of hydrogen-bond donors (Lipinski definition) is 1. The molecule has 0 aliphatic carbocycles. The summed E-state index contributed by atoms with van der Waals surface area (Å²) in [5.41, 5.74) is 0.826. The monoisotopic (exact) mass is 367 g/mol. The third-order valence-corrected chi connectivity index (χ3v) is 5.51. The fraction of sp³-hybridized carbons (Fsp3) is 0.400. The normalized spacial score (nSPS) is 23.8. The maximum absolute atomic E-state index is 13.0. The second-order valence-electron chi connectivity index (χ2n) is 7.38. The summed E-state index contributed by atoms with van der Waals surface area (Å²) in [5.74, 6) is -0.177. The van der Waals surface area contributed by atoms with Crippen molar-refractivity contribution in [1.82, 2.24) is 14.9 Å². The fourth-order valence-corrected chi connectivity index (χ4v) is 4.17. The predicted molar refractivity (Wildman–Crippen MR) is 96.6 cm³/mol. The molecule has 27 heavy (non-hydrogen) atoms. The highest BCUT2D eigenvalue weighted by Crippen LogP contribution is 2.44. The van der Waals surface area contributed by atoms with Crippen molar-refractivity contribution in [3.8, 4) is 5.75 Å². The van der Waals surface area contributed by atoms with Gasteiger partial charge < -0.3 is 14.7 Å². The number of amides is 1. The molecular weight excluding hydrogens is 346 g/mol. The summed E-state index contributed by atoms with van der Waals surface area (Å²) in [4.78, 5) is 35.3. The Labute approximate surface area is 157 Å². The van der Waals surface area contributed by atoms with Crippen LogP contribution < -0.4 is 4.74 Å². The number of likely N-dealkylation sites (tertiary alicyclic amines) is 1. The van der Waals surface area contributed by atoms with Gasteiger partial charge in [-0.05, 0) is 38.0 Å². The van der Waals surface area contributed by atoms with E-state index >= 15 is 0 Å². The fourth-order valence-electron chi connectivity index (χ4n) is 4.17. The lowest BCUT2D eigenvalue weighted by molar-refractivity contribution is -0.150. The predicted octanol–water partition coefficient (Wildman–Crippen LogP) is 1.87. The van der Waals surface area contributed by atoms with Crippen molar-refractivity contribution in [3.63, 3.8) is 0 Å². The summed E-state index contributed by atoms with van der Waals surface area (Å²) in [6.45, 7) is 4.30. The third-order valence-electron chi connectivity index (χ3n) is 5.51. The number of aryl methyl sites for hydroxylation is 2. The maximum Gasteiger partial charge on any atom is 0.312 e. The maximum atomic E-state index is 13.0. The van der Waals surface area contributed by atoms with Crippen LogP contribution in [0.1, 0.15) is 27.6 Å². The molecule has 3 heterocycles. The zero-order valence-electron chi connectivity index (χ0n) is 15.3. The van der Waals surface area contributed by atoms with Crippen LogP contribution >= 0.6 is 0 Å². The zero-order chi connectivity index (χ0) is 19.2. The van der Waals surface area contributed by atoms with Gasteiger partial charge in [0, 0.05) is 24.7 Å². The Morgan fingerprint density at radius 3 is 2.78 bits per heavy atom. The van der Waals surface area contributed by atoms with Crippen LogP contribution in [0.5, 0.6) is 5.75 Å². The summed E-state index contributed by atoms with van der Waals surface area (Å²) in [5, 5.41) is 10.1. The molecule has 2 aromatic rings. The molecular formula is C20H21N3O4. The molecule has 4 rings (SSSR count). The molecule has 1 N–H and O–H groups in total. The van der Waals surface area contributed by atoms with E-state index in [4.69, 9.17) is 4.74 Å². The summed E-state index contributed by atoms with van der Waals surface area (Å²) in [6.07, 6.45) is 0.342. The molecule has 0 bridgehead atoms. The van der Waals surface area contributed by atoms with E-state index in [0.717, 1.165) is 11.3 Å². The number of carbonyl (C=O) groups is 2. The number of aromatic nitrogens is 2. The van der Waals surface area contributed by atoms with E-state index in [9.17, 15) is 14.7 Å². The standard InChI is InChI=1S/C20H21N3O4/c1-12-7-16(22-13(2)21-12)18(24)23-9-15-10-27-17-6-4-3-5-14(17)8-20(15,11-23)19(25)26/h3-7,15H,8-11H2,1-2H3,(H,25,26)/t15-,20+/m1/s1. The molecule has 1 fully saturated rings. The molecule has 7 heteroatoms. The largest absolute Gasteiger partial charge is 0.493 e. The van der Waals surface area contributed by atoms with Crippen LogP contribution in [0.25, 0.3) is 0 Å². The van der Waals surface area contributed by atoms with E-state index in [2.05, 4.69) is 9.97 Å². The van der Waals surface area contributed by atoms with Crippen molar-refractivity contribution >= 4 is 11.9 Å². The molecule has 1 amide bonds. The van der Waals surface area contributed by atoms with Crippen LogP contribution in [0.15, 0.2) is 30.3 Å². The van der Waals surface area contributed by atoms with Gasteiger partial charge in [-0.1, -0.05) is 18.2 Å². The van der Waals surface area contributed by atoms with Crippen LogP contribution in [0.2, 0.25) is 0 Å². The molecule has 2 aliphatic heterocycles. The second kappa shape index (κ2) is 6.33. The third kappa shape index (κ3) is 2.93. The number of carboxylic acid groups (broad SMARTS) is 1. The first kappa shape index (κ1) is 17.5. The quantitative estimate of drug-likeness (QED) is 0.871. The van der Waals surface area contributed by atoms with Gasteiger partial charge in [-0.15, -0.1) is 0 Å². The smallest absolute Gasteiger partial charge is 0.312 e. The van der Waals surface area contributed by atoms with Gasteiger partial charge in [0.1, 0.15) is 17.3 Å². The lowest BCUT2D eigenvalue weighted by Gasteiger charge is -2.27. The number of hydrogen-bond acceptors (Lipinski definition) is 5. The lowest BCUT2D eigenvalue weighted by atomic mass is 9.74. The van der Waals surface area contributed by atoms with E-state index in [-0.39, 0.29) is 25.0 Å². The van der Waals surface area contributed by atoms with E-state index in [1.54, 1.807) is 17.9 Å². The highest BCUT2D eigenvalue weighted by Gasteiger charge is 2.55. The van der Waals surface area contributed by atoms with Gasteiger partial charge in [0.05, 0.1) is 12.0 Å². The average molecular weight is 367 g/mol. The molecule has 0 saturated carbocycles. The van der Waals surface area contributed by atoms with Gasteiger partial charge in [-0.25, -0.2) is 9.97 Å². The number of ether oxygens (including phenoxy) is 1. The first-order chi connectivity index (χ1) is 12.9. The molecule has 1 aromatic heterocycles. The zero-order valence-corrected chi connectivity index (χ0v) is 15.3. The number of benzene rings is 1. The molecule has 140 valence electrons. The van der Waals surface area contributed by atoms with Gasteiger partial charge in [0.25, 0.3) is 5.91 Å². The van der Waals surface area contributed by atoms with Crippen molar-refractivity contribution in [1.29, 1.82) is 0 Å². The Morgan fingerprint density at radius 1 is 1.26 bits per heavy atom. The van der Waals surface area contributed by atoms with E-state index in [0.29, 0.717) is 30.2 Å². The Morgan fingerprint density at radius 2 is 2.04 bits per heavy atom. The molecule has 2 atom stereocenters. The van der Waals surface area contributed by atoms with Gasteiger partial charge in [-0.2, -0.15) is 0 Å². The van der Waals surface area contributed by atoms with Gasteiger partial charge in [0.15, 0.2) is 0 Å². The average Bonchev–Trinajstić information content (AvgIpc) is 2.91. The van der Waals surface area contributed by atoms with Crippen LogP contribution in [0.3, 0.4) is 0 Å². The lowest BCUT2D eigenvalue weighted by Crippen LogP contribution is -2.42. The Kier molecular flexibility index (Phi) is 4.09. The Balaban J connectivity index is 1.67. The van der Waals surface area contributed by atoms with Gasteiger partial charge in [-0.3, -0.25) is 9.59 Å². The first-order valence-electron chi connectivity index (χ1n) is 8.95. The van der Waals surface area contributed by atoms with E-state index < -0.39 is 11.4 Å². The Hall–Kier alpha value is -2.96. The van der Waals surface area contributed by atoms with Gasteiger partial charge in [0.2, 0.25) is 0 Å². The molecule has 0 spiro atoms. The highest BCUT2D eigenvalue weighted by atomic mass is 16.5. The van der Waals surface area contributed by atoms with E-state index in [1.807, 2.05) is 31.2 Å².